The van der Waals surface area contributed by atoms with Crippen molar-refractivity contribution in [3.63, 3.8) is 0 Å². The minimum absolute atomic E-state index is 0.626. The Morgan fingerprint density at radius 1 is 1.21 bits per heavy atom. The molecule has 0 saturated carbocycles. The molecule has 0 aliphatic heterocycles. The summed E-state index contributed by atoms with van der Waals surface area (Å²) in [6.45, 7) is 6.37. The van der Waals surface area contributed by atoms with E-state index < -0.39 is 6.10 Å². The summed E-state index contributed by atoms with van der Waals surface area (Å²) < 4.78 is 0. The van der Waals surface area contributed by atoms with E-state index >= 15 is 0 Å². The molecule has 1 nitrogen and oxygen atoms in total. The summed E-state index contributed by atoms with van der Waals surface area (Å²) in [4.78, 5) is 0.829. The Labute approximate surface area is 123 Å². The Bertz CT molecular complexity index is 542. The summed E-state index contributed by atoms with van der Waals surface area (Å²) in [5.74, 6) is 0.644. The lowest BCUT2D eigenvalue weighted by Gasteiger charge is -2.11. The molecule has 1 atom stereocenters. The van der Waals surface area contributed by atoms with E-state index in [9.17, 15) is 5.11 Å². The molecule has 2 rings (SSSR count). The Morgan fingerprint density at radius 2 is 1.84 bits per heavy atom. The molecular weight excluding hydrogens is 276 g/mol. The standard InChI is InChI=1S/C16H19ClOS/c1-10(2)8-12-4-6-13(7-5-12)15(18)16-14(17)11(3)9-19-16/h4-7,9-10,15,18H,8H2,1-3H3. The van der Waals surface area contributed by atoms with E-state index in [-0.39, 0.29) is 0 Å². The van der Waals surface area contributed by atoms with E-state index in [1.54, 1.807) is 0 Å². The summed E-state index contributed by atoms with van der Waals surface area (Å²) in [5, 5.41) is 13.0. The van der Waals surface area contributed by atoms with Crippen LogP contribution in [0.1, 0.15) is 41.5 Å². The molecule has 1 aromatic heterocycles. The quantitative estimate of drug-likeness (QED) is 0.842. The molecule has 0 bridgehead atoms. The van der Waals surface area contributed by atoms with E-state index in [0.29, 0.717) is 10.9 Å². The highest BCUT2D eigenvalue weighted by molar-refractivity contribution is 7.10. The van der Waals surface area contributed by atoms with Crippen molar-refractivity contribution in [2.24, 2.45) is 5.92 Å². The number of hydrogen-bond acceptors (Lipinski definition) is 2. The van der Waals surface area contributed by atoms with E-state index in [0.717, 1.165) is 22.4 Å². The third-order valence-electron chi connectivity index (χ3n) is 3.11. The number of halogens is 1. The van der Waals surface area contributed by atoms with Crippen LogP contribution in [0.15, 0.2) is 29.6 Å². The Hall–Kier alpha value is -0.830. The predicted octanol–water partition coefficient (Wildman–Crippen LogP) is 4.99. The molecule has 1 unspecified atom stereocenters. The smallest absolute Gasteiger partial charge is 0.115 e. The second-order valence-corrected chi connectivity index (χ2v) is 6.63. The number of aryl methyl sites for hydroxylation is 1. The highest BCUT2D eigenvalue weighted by atomic mass is 35.5. The van der Waals surface area contributed by atoms with Gasteiger partial charge in [0.1, 0.15) is 6.10 Å². The molecule has 2 aromatic rings. The minimum Gasteiger partial charge on any atom is -0.383 e. The molecular formula is C16H19ClOS. The fourth-order valence-electron chi connectivity index (χ4n) is 2.09. The van der Waals surface area contributed by atoms with Gasteiger partial charge in [-0.1, -0.05) is 49.7 Å². The molecule has 0 spiro atoms. The fourth-order valence-corrected chi connectivity index (χ4v) is 3.40. The lowest BCUT2D eigenvalue weighted by atomic mass is 10.00. The van der Waals surface area contributed by atoms with Crippen molar-refractivity contribution in [3.05, 3.63) is 56.2 Å². The maximum atomic E-state index is 10.4. The van der Waals surface area contributed by atoms with Gasteiger partial charge in [0.25, 0.3) is 0 Å². The van der Waals surface area contributed by atoms with Gasteiger partial charge in [0.05, 0.1) is 9.90 Å². The first kappa shape index (κ1) is 14.6. The molecule has 19 heavy (non-hydrogen) atoms. The third kappa shape index (κ3) is 3.38. The molecule has 1 N–H and O–H groups in total. The Morgan fingerprint density at radius 3 is 2.32 bits per heavy atom. The van der Waals surface area contributed by atoms with Crippen LogP contribution in [0.2, 0.25) is 5.02 Å². The van der Waals surface area contributed by atoms with Crippen LogP contribution >= 0.6 is 22.9 Å². The van der Waals surface area contributed by atoms with E-state index in [1.807, 2.05) is 24.4 Å². The molecule has 1 heterocycles. The maximum Gasteiger partial charge on any atom is 0.115 e. The van der Waals surface area contributed by atoms with Crippen LogP contribution in [0.3, 0.4) is 0 Å². The lowest BCUT2D eigenvalue weighted by Crippen LogP contribution is -1.99. The summed E-state index contributed by atoms with van der Waals surface area (Å²) in [6.07, 6.45) is 0.439. The van der Waals surface area contributed by atoms with Crippen LogP contribution in [0.5, 0.6) is 0 Å². The van der Waals surface area contributed by atoms with E-state index in [4.69, 9.17) is 11.6 Å². The van der Waals surface area contributed by atoms with E-state index in [1.165, 1.54) is 16.9 Å². The van der Waals surface area contributed by atoms with Crippen molar-refractivity contribution in [3.8, 4) is 0 Å². The first-order valence-corrected chi connectivity index (χ1v) is 7.75. The van der Waals surface area contributed by atoms with Gasteiger partial charge in [0.2, 0.25) is 0 Å². The van der Waals surface area contributed by atoms with Crippen LogP contribution in [0.4, 0.5) is 0 Å². The van der Waals surface area contributed by atoms with Crippen LogP contribution < -0.4 is 0 Å². The zero-order valence-corrected chi connectivity index (χ0v) is 13.1. The molecule has 1 aromatic carbocycles. The molecule has 0 amide bonds. The Balaban J connectivity index is 2.20. The highest BCUT2D eigenvalue weighted by Crippen LogP contribution is 2.35. The first-order valence-electron chi connectivity index (χ1n) is 6.49. The monoisotopic (exact) mass is 294 g/mol. The van der Waals surface area contributed by atoms with Gasteiger partial charge >= 0.3 is 0 Å². The van der Waals surface area contributed by atoms with Crippen molar-refractivity contribution in [1.29, 1.82) is 0 Å². The highest BCUT2D eigenvalue weighted by Gasteiger charge is 2.17. The number of aliphatic hydroxyl groups is 1. The van der Waals surface area contributed by atoms with Crippen LogP contribution in [-0.4, -0.2) is 5.11 Å². The minimum atomic E-state index is -0.626. The SMILES string of the molecule is Cc1csc(C(O)c2ccc(CC(C)C)cc2)c1Cl. The zero-order chi connectivity index (χ0) is 14.0. The maximum absolute atomic E-state index is 10.4. The molecule has 0 radical (unpaired) electrons. The van der Waals surface area contributed by atoms with Gasteiger partial charge in [-0.25, -0.2) is 0 Å². The molecule has 0 aliphatic rings. The van der Waals surface area contributed by atoms with Gasteiger partial charge in [0, 0.05) is 0 Å². The summed E-state index contributed by atoms with van der Waals surface area (Å²) in [6, 6.07) is 8.17. The second kappa shape index (κ2) is 6.08. The van der Waals surface area contributed by atoms with Gasteiger partial charge in [-0.15, -0.1) is 11.3 Å². The largest absolute Gasteiger partial charge is 0.383 e. The van der Waals surface area contributed by atoms with Crippen LogP contribution in [0, 0.1) is 12.8 Å². The van der Waals surface area contributed by atoms with E-state index in [2.05, 4.69) is 26.0 Å². The third-order valence-corrected chi connectivity index (χ3v) is 4.88. The first-order chi connectivity index (χ1) is 8.99. The number of thiophene rings is 1. The number of rotatable bonds is 4. The van der Waals surface area contributed by atoms with Crippen molar-refractivity contribution in [1.82, 2.24) is 0 Å². The summed E-state index contributed by atoms with van der Waals surface area (Å²) in [5.41, 5.74) is 3.23. The van der Waals surface area contributed by atoms with Gasteiger partial charge in [-0.2, -0.15) is 0 Å². The summed E-state index contributed by atoms with van der Waals surface area (Å²) >= 11 is 7.72. The van der Waals surface area contributed by atoms with Crippen molar-refractivity contribution in [2.75, 3.05) is 0 Å². The molecule has 0 aliphatic carbocycles. The number of benzene rings is 1. The van der Waals surface area contributed by atoms with Gasteiger partial charge in [-0.3, -0.25) is 0 Å². The topological polar surface area (TPSA) is 20.2 Å². The fraction of sp³-hybridized carbons (Fsp3) is 0.375. The molecule has 102 valence electrons. The van der Waals surface area contributed by atoms with Crippen molar-refractivity contribution in [2.45, 2.75) is 33.3 Å². The number of aliphatic hydroxyl groups excluding tert-OH is 1. The van der Waals surface area contributed by atoms with Gasteiger partial charge in [-0.05, 0) is 41.3 Å². The normalized spacial score (nSPS) is 12.9. The summed E-state index contributed by atoms with van der Waals surface area (Å²) in [7, 11) is 0. The molecule has 0 saturated heterocycles. The Kier molecular flexibility index (Phi) is 4.67. The number of hydrogen-bond donors (Lipinski definition) is 1. The van der Waals surface area contributed by atoms with Gasteiger partial charge < -0.3 is 5.11 Å². The zero-order valence-electron chi connectivity index (χ0n) is 11.5. The second-order valence-electron chi connectivity index (χ2n) is 5.34. The van der Waals surface area contributed by atoms with Gasteiger partial charge in [0.15, 0.2) is 0 Å². The van der Waals surface area contributed by atoms with Crippen molar-refractivity contribution < 1.29 is 5.11 Å². The van der Waals surface area contributed by atoms with Crippen molar-refractivity contribution >= 4 is 22.9 Å². The average molecular weight is 295 g/mol. The molecule has 0 fully saturated rings. The predicted molar refractivity (Wildman–Crippen MR) is 83.1 cm³/mol. The average Bonchev–Trinajstić information content (AvgIpc) is 2.69. The molecule has 3 heteroatoms. The lowest BCUT2D eigenvalue weighted by molar-refractivity contribution is 0.224. The van der Waals surface area contributed by atoms with Crippen LogP contribution in [-0.2, 0) is 6.42 Å². The van der Waals surface area contributed by atoms with Crippen LogP contribution in [0.25, 0.3) is 0 Å².